The summed E-state index contributed by atoms with van der Waals surface area (Å²) in [5.74, 6) is 5.87. The van der Waals surface area contributed by atoms with Crippen LogP contribution in [-0.2, 0) is 11.3 Å². The summed E-state index contributed by atoms with van der Waals surface area (Å²) in [6.07, 6.45) is 0. The van der Waals surface area contributed by atoms with Crippen LogP contribution in [0.25, 0.3) is 0 Å². The van der Waals surface area contributed by atoms with E-state index in [1.54, 1.807) is 0 Å². The second kappa shape index (κ2) is 6.93. The smallest absolute Gasteiger partial charge is 0.108 e. The normalized spacial score (nSPS) is 9.00. The van der Waals surface area contributed by atoms with Crippen molar-refractivity contribution in [2.24, 2.45) is 0 Å². The van der Waals surface area contributed by atoms with Gasteiger partial charge in [-0.2, -0.15) is 0 Å². The van der Waals surface area contributed by atoms with Crippen molar-refractivity contribution in [2.75, 3.05) is 11.0 Å². The Morgan fingerprint density at radius 2 is 1.92 bits per heavy atom. The molecule has 1 rings (SSSR count). The maximum atomic E-state index is 5.34. The maximum absolute atomic E-state index is 5.34. The molecule has 1 aromatic rings. The number of rotatable bonds is 3. The molecule has 68 valence electrons. The van der Waals surface area contributed by atoms with Gasteiger partial charge in [-0.25, -0.2) is 0 Å². The SMILES string of the molecule is ICC#CCOCc1ccccc1. The zero-order chi connectivity index (χ0) is 9.36. The minimum Gasteiger partial charge on any atom is -0.364 e. The van der Waals surface area contributed by atoms with Gasteiger partial charge in [-0.05, 0) is 5.56 Å². The van der Waals surface area contributed by atoms with Gasteiger partial charge in [0, 0.05) is 0 Å². The lowest BCUT2D eigenvalue weighted by atomic mass is 10.2. The summed E-state index contributed by atoms with van der Waals surface area (Å²) in [5, 5.41) is 0. The van der Waals surface area contributed by atoms with E-state index < -0.39 is 0 Å². The lowest BCUT2D eigenvalue weighted by Crippen LogP contribution is -1.92. The minimum absolute atomic E-state index is 0.526. The van der Waals surface area contributed by atoms with E-state index in [9.17, 15) is 0 Å². The highest BCUT2D eigenvalue weighted by atomic mass is 127. The molecule has 0 fully saturated rings. The summed E-state index contributed by atoms with van der Waals surface area (Å²) >= 11 is 2.22. The zero-order valence-corrected chi connectivity index (χ0v) is 9.45. The summed E-state index contributed by atoms with van der Waals surface area (Å²) < 4.78 is 6.21. The van der Waals surface area contributed by atoms with Crippen LogP contribution in [0.5, 0.6) is 0 Å². The molecule has 0 aliphatic carbocycles. The van der Waals surface area contributed by atoms with Gasteiger partial charge in [0.05, 0.1) is 11.0 Å². The number of hydrogen-bond donors (Lipinski definition) is 0. The summed E-state index contributed by atoms with van der Waals surface area (Å²) in [5.41, 5.74) is 1.19. The van der Waals surface area contributed by atoms with Crippen LogP contribution in [0.4, 0.5) is 0 Å². The van der Waals surface area contributed by atoms with Gasteiger partial charge in [-0.3, -0.25) is 0 Å². The first-order valence-corrected chi connectivity index (χ1v) is 5.59. The van der Waals surface area contributed by atoms with Crippen LogP contribution in [0.15, 0.2) is 30.3 Å². The van der Waals surface area contributed by atoms with Crippen molar-refractivity contribution in [1.82, 2.24) is 0 Å². The quantitative estimate of drug-likeness (QED) is 0.359. The van der Waals surface area contributed by atoms with Gasteiger partial charge in [-0.15, -0.1) is 0 Å². The summed E-state index contributed by atoms with van der Waals surface area (Å²) in [7, 11) is 0. The lowest BCUT2D eigenvalue weighted by molar-refractivity contribution is 0.153. The first kappa shape index (κ1) is 10.6. The van der Waals surface area contributed by atoms with E-state index in [1.807, 2.05) is 30.3 Å². The average Bonchev–Trinajstić information content (AvgIpc) is 2.19. The molecule has 0 bridgehead atoms. The van der Waals surface area contributed by atoms with Gasteiger partial charge >= 0.3 is 0 Å². The summed E-state index contributed by atoms with van der Waals surface area (Å²) in [6.45, 7) is 1.18. The molecule has 0 unspecified atom stereocenters. The van der Waals surface area contributed by atoms with Gasteiger partial charge in [0.2, 0.25) is 0 Å². The molecule has 0 aromatic heterocycles. The molecule has 0 atom stereocenters. The number of benzene rings is 1. The molecular weight excluding hydrogens is 275 g/mol. The molecule has 0 spiro atoms. The third-order valence-corrected chi connectivity index (χ3v) is 1.86. The van der Waals surface area contributed by atoms with Gasteiger partial charge in [0.25, 0.3) is 0 Å². The molecule has 0 aliphatic heterocycles. The first-order valence-electron chi connectivity index (χ1n) is 4.07. The fourth-order valence-corrected chi connectivity index (χ4v) is 1.16. The molecule has 0 saturated carbocycles. The molecule has 0 N–H and O–H groups in total. The predicted molar refractivity (Wildman–Crippen MR) is 62.8 cm³/mol. The van der Waals surface area contributed by atoms with Crippen molar-refractivity contribution in [2.45, 2.75) is 6.61 Å². The summed E-state index contributed by atoms with van der Waals surface area (Å²) in [4.78, 5) is 0. The Balaban J connectivity index is 2.20. The molecule has 13 heavy (non-hydrogen) atoms. The third kappa shape index (κ3) is 4.91. The van der Waals surface area contributed by atoms with Crippen molar-refractivity contribution < 1.29 is 4.74 Å². The molecule has 0 saturated heterocycles. The van der Waals surface area contributed by atoms with Crippen molar-refractivity contribution in [3.8, 4) is 11.8 Å². The summed E-state index contributed by atoms with van der Waals surface area (Å²) in [6, 6.07) is 10.1. The van der Waals surface area contributed by atoms with Crippen LogP contribution in [0.1, 0.15) is 5.56 Å². The van der Waals surface area contributed by atoms with E-state index in [4.69, 9.17) is 4.74 Å². The Hall–Kier alpha value is -0.530. The van der Waals surface area contributed by atoms with Crippen LogP contribution in [0, 0.1) is 11.8 Å². The highest BCUT2D eigenvalue weighted by Gasteiger charge is 1.88. The Labute approximate surface area is 92.6 Å². The van der Waals surface area contributed by atoms with E-state index in [1.165, 1.54) is 5.56 Å². The van der Waals surface area contributed by atoms with Crippen molar-refractivity contribution in [3.05, 3.63) is 35.9 Å². The van der Waals surface area contributed by atoms with E-state index in [0.717, 1.165) is 4.43 Å². The van der Waals surface area contributed by atoms with Gasteiger partial charge in [-0.1, -0.05) is 64.8 Å². The van der Waals surface area contributed by atoms with Crippen molar-refractivity contribution in [3.63, 3.8) is 0 Å². The molecular formula is C11H11IO. The number of halogens is 1. The van der Waals surface area contributed by atoms with E-state index in [-0.39, 0.29) is 0 Å². The Kier molecular flexibility index (Phi) is 5.62. The zero-order valence-electron chi connectivity index (χ0n) is 7.29. The monoisotopic (exact) mass is 286 g/mol. The van der Waals surface area contributed by atoms with Gasteiger partial charge < -0.3 is 4.74 Å². The molecule has 2 heteroatoms. The lowest BCUT2D eigenvalue weighted by Gasteiger charge is -1.98. The number of hydrogen-bond acceptors (Lipinski definition) is 1. The number of alkyl halides is 1. The standard InChI is InChI=1S/C11H11IO/c12-8-4-5-9-13-10-11-6-2-1-3-7-11/h1-3,6-7H,8-10H2. The second-order valence-electron chi connectivity index (χ2n) is 2.47. The molecule has 0 heterocycles. The molecule has 1 aromatic carbocycles. The minimum atomic E-state index is 0.526. The number of ether oxygens (including phenoxy) is 1. The van der Waals surface area contributed by atoms with Crippen LogP contribution in [-0.4, -0.2) is 11.0 Å². The van der Waals surface area contributed by atoms with E-state index in [0.29, 0.717) is 13.2 Å². The van der Waals surface area contributed by atoms with Crippen molar-refractivity contribution in [1.29, 1.82) is 0 Å². The predicted octanol–water partition coefficient (Wildman–Crippen LogP) is 2.64. The van der Waals surface area contributed by atoms with Crippen LogP contribution in [0.2, 0.25) is 0 Å². The fourth-order valence-electron chi connectivity index (χ4n) is 0.892. The third-order valence-electron chi connectivity index (χ3n) is 1.48. The van der Waals surface area contributed by atoms with E-state index >= 15 is 0 Å². The highest BCUT2D eigenvalue weighted by molar-refractivity contribution is 14.1. The highest BCUT2D eigenvalue weighted by Crippen LogP contribution is 1.99. The van der Waals surface area contributed by atoms with Gasteiger partial charge in [0.15, 0.2) is 0 Å². The second-order valence-corrected chi connectivity index (χ2v) is 3.23. The molecule has 0 radical (unpaired) electrons. The Morgan fingerprint density at radius 1 is 1.15 bits per heavy atom. The fraction of sp³-hybridized carbons (Fsp3) is 0.273. The maximum Gasteiger partial charge on any atom is 0.108 e. The van der Waals surface area contributed by atoms with Crippen LogP contribution in [0.3, 0.4) is 0 Å². The van der Waals surface area contributed by atoms with Crippen molar-refractivity contribution >= 4 is 22.6 Å². The molecule has 0 amide bonds. The Bertz CT molecular complexity index is 284. The largest absolute Gasteiger partial charge is 0.364 e. The van der Waals surface area contributed by atoms with E-state index in [2.05, 4.69) is 34.4 Å². The topological polar surface area (TPSA) is 9.23 Å². The Morgan fingerprint density at radius 3 is 2.62 bits per heavy atom. The van der Waals surface area contributed by atoms with Gasteiger partial charge in [0.1, 0.15) is 6.61 Å². The van der Waals surface area contributed by atoms with Crippen LogP contribution < -0.4 is 0 Å². The molecule has 0 aliphatic rings. The van der Waals surface area contributed by atoms with Crippen LogP contribution >= 0.6 is 22.6 Å². The molecule has 1 nitrogen and oxygen atoms in total. The first-order chi connectivity index (χ1) is 6.43. The average molecular weight is 286 g/mol.